The standard InChI is InChI=1S/C36H23Br2N5O2/c37-22-14-18-25(19-15-22)42-32-31(33(44)41(34(32)45)24-8-2-1-3-9-24)35-29-12-6-4-10-27(29)28-11-5-7-13-30(28)36(35,42)40-43(39-35)26-20-16-23(38)17-21-26/h1-21,31-32H/t31-,32+,35+,36-/m0/s1. The van der Waals surface area contributed by atoms with Crippen molar-refractivity contribution in [2.24, 2.45) is 11.0 Å². The molecule has 0 saturated carbocycles. The Kier molecular flexibility index (Phi) is 5.62. The lowest BCUT2D eigenvalue weighted by atomic mass is 9.63. The minimum Gasteiger partial charge on any atom is -0.343 e. The van der Waals surface area contributed by atoms with Gasteiger partial charge in [-0.2, -0.15) is 10.5 Å². The van der Waals surface area contributed by atoms with Crippen molar-refractivity contribution in [1.82, 2.24) is 0 Å². The van der Waals surface area contributed by atoms with Gasteiger partial charge in [0, 0.05) is 26.8 Å². The summed E-state index contributed by atoms with van der Waals surface area (Å²) in [6.07, 6.45) is 0. The number of benzene rings is 5. The van der Waals surface area contributed by atoms with Crippen LogP contribution in [0.3, 0.4) is 0 Å². The molecule has 0 radical (unpaired) electrons. The summed E-state index contributed by atoms with van der Waals surface area (Å²) in [6.45, 7) is 0. The van der Waals surface area contributed by atoms with Gasteiger partial charge in [-0.05, 0) is 70.8 Å². The molecule has 3 heterocycles. The van der Waals surface area contributed by atoms with Crippen molar-refractivity contribution in [3.63, 3.8) is 0 Å². The predicted molar refractivity (Wildman–Crippen MR) is 178 cm³/mol. The number of carbonyl (C=O) groups is 2. The third-order valence-corrected chi connectivity index (χ3v) is 10.5. The molecule has 0 unspecified atom stereocenters. The number of imide groups is 1. The minimum absolute atomic E-state index is 0.286. The number of amides is 2. The summed E-state index contributed by atoms with van der Waals surface area (Å²) in [5.74, 6) is -1.44. The highest BCUT2D eigenvalue weighted by Gasteiger charge is 2.79. The van der Waals surface area contributed by atoms with Gasteiger partial charge in [-0.3, -0.25) is 9.59 Å². The molecule has 5 aromatic rings. The van der Waals surface area contributed by atoms with E-state index in [1.807, 2.05) is 91.0 Å². The van der Waals surface area contributed by atoms with Crippen LogP contribution in [0.25, 0.3) is 16.6 Å². The Bertz CT molecular complexity index is 2090. The van der Waals surface area contributed by atoms with E-state index in [9.17, 15) is 9.59 Å². The number of azo groups is 1. The second-order valence-corrected chi connectivity index (χ2v) is 13.4. The number of para-hydroxylation sites is 1. The molecule has 9 rings (SSSR count). The molecular weight excluding hydrogens is 694 g/mol. The van der Waals surface area contributed by atoms with E-state index in [-0.39, 0.29) is 11.8 Å². The SMILES string of the molecule is O=C1[C@@H]2[C@H](C(=O)N1c1ccccc1)N(c1ccc(Br)cc1)[C@]13[N-][N+](c4ccc(Br)cc4)=N[C@]21c1ccccc1-c1ccccc13. The van der Waals surface area contributed by atoms with Gasteiger partial charge in [0.1, 0.15) is 17.2 Å². The van der Waals surface area contributed by atoms with Crippen LogP contribution in [0.4, 0.5) is 17.1 Å². The summed E-state index contributed by atoms with van der Waals surface area (Å²) in [4.78, 5) is 34.9. The van der Waals surface area contributed by atoms with Crippen molar-refractivity contribution >= 4 is 60.7 Å². The first-order valence-electron chi connectivity index (χ1n) is 14.6. The van der Waals surface area contributed by atoms with Crippen LogP contribution in [0.1, 0.15) is 11.1 Å². The van der Waals surface area contributed by atoms with Gasteiger partial charge < -0.3 is 4.90 Å². The van der Waals surface area contributed by atoms with Crippen molar-refractivity contribution in [3.8, 4) is 11.1 Å². The Balaban J connectivity index is 1.41. The average Bonchev–Trinajstić information content (AvgIpc) is 3.65. The van der Waals surface area contributed by atoms with E-state index in [1.54, 1.807) is 16.9 Å². The zero-order valence-corrected chi connectivity index (χ0v) is 26.8. The number of anilines is 2. The molecular formula is C36H23Br2N5O2. The van der Waals surface area contributed by atoms with Gasteiger partial charge in [0.2, 0.25) is 11.6 Å². The minimum atomic E-state index is -1.26. The van der Waals surface area contributed by atoms with Crippen molar-refractivity contribution in [1.29, 1.82) is 0 Å². The van der Waals surface area contributed by atoms with Gasteiger partial charge in [-0.1, -0.05) is 98.6 Å². The number of hydrogen-bond acceptors (Lipinski definition) is 4. The van der Waals surface area contributed by atoms with Crippen LogP contribution in [-0.4, -0.2) is 22.7 Å². The maximum absolute atomic E-state index is 15.0. The summed E-state index contributed by atoms with van der Waals surface area (Å²) in [6, 6.07) is 40.3. The Morgan fingerprint density at radius 3 is 1.91 bits per heavy atom. The maximum Gasteiger partial charge on any atom is 0.257 e. The first-order chi connectivity index (χ1) is 22.0. The van der Waals surface area contributed by atoms with Gasteiger partial charge in [0.05, 0.1) is 11.6 Å². The van der Waals surface area contributed by atoms with Crippen molar-refractivity contribution in [2.75, 3.05) is 9.80 Å². The van der Waals surface area contributed by atoms with E-state index >= 15 is 0 Å². The normalized spacial score (nSPS) is 25.6. The molecule has 0 N–H and O–H groups in total. The first-order valence-corrected chi connectivity index (χ1v) is 16.2. The van der Waals surface area contributed by atoms with E-state index in [1.165, 1.54) is 4.90 Å². The highest BCUT2D eigenvalue weighted by molar-refractivity contribution is 9.10. The van der Waals surface area contributed by atoms with Gasteiger partial charge >= 0.3 is 0 Å². The van der Waals surface area contributed by atoms with Crippen LogP contribution < -0.4 is 9.80 Å². The molecule has 4 aliphatic rings. The molecule has 45 heavy (non-hydrogen) atoms. The van der Waals surface area contributed by atoms with Crippen LogP contribution in [0.15, 0.2) is 141 Å². The van der Waals surface area contributed by atoms with Crippen molar-refractivity contribution in [2.45, 2.75) is 17.2 Å². The largest absolute Gasteiger partial charge is 0.343 e. The Hall–Kier alpha value is -4.60. The van der Waals surface area contributed by atoms with E-state index < -0.39 is 23.2 Å². The van der Waals surface area contributed by atoms with Crippen LogP contribution in [0.2, 0.25) is 0 Å². The highest BCUT2D eigenvalue weighted by atomic mass is 79.9. The lowest BCUT2D eigenvalue weighted by Crippen LogP contribution is -2.57. The van der Waals surface area contributed by atoms with Gasteiger partial charge in [-0.15, -0.1) is 4.81 Å². The quantitative estimate of drug-likeness (QED) is 0.139. The van der Waals surface area contributed by atoms with E-state index in [0.717, 1.165) is 42.6 Å². The Morgan fingerprint density at radius 2 is 1.22 bits per heavy atom. The molecule has 2 amide bonds. The number of hydrogen-bond donors (Lipinski definition) is 0. The average molecular weight is 717 g/mol. The number of rotatable bonds is 3. The first kappa shape index (κ1) is 26.8. The number of nitrogens with zero attached hydrogens (tertiary/aromatic N) is 5. The molecule has 5 aromatic carbocycles. The third kappa shape index (κ3) is 3.34. The number of carbonyl (C=O) groups excluding carboxylic acids is 2. The summed E-state index contributed by atoms with van der Waals surface area (Å²) in [7, 11) is 0. The lowest BCUT2D eigenvalue weighted by Gasteiger charge is -2.51. The fourth-order valence-corrected chi connectivity index (χ4v) is 8.36. The van der Waals surface area contributed by atoms with Crippen LogP contribution >= 0.6 is 31.9 Å². The molecule has 1 aliphatic carbocycles. The van der Waals surface area contributed by atoms with Crippen LogP contribution in [0, 0.1) is 5.92 Å². The zero-order valence-electron chi connectivity index (χ0n) is 23.6. The molecule has 218 valence electrons. The van der Waals surface area contributed by atoms with E-state index in [0.29, 0.717) is 5.69 Å². The van der Waals surface area contributed by atoms with E-state index in [2.05, 4.69) is 61.0 Å². The number of fused-ring (bicyclic) bond motifs is 4. The monoisotopic (exact) mass is 715 g/mol. The van der Waals surface area contributed by atoms with Crippen LogP contribution in [0.5, 0.6) is 0 Å². The van der Waals surface area contributed by atoms with Gasteiger partial charge in [0.25, 0.3) is 5.91 Å². The highest BCUT2D eigenvalue weighted by Crippen LogP contribution is 2.72. The van der Waals surface area contributed by atoms with Crippen molar-refractivity contribution < 1.29 is 14.4 Å². The second kappa shape index (κ2) is 9.45. The summed E-state index contributed by atoms with van der Waals surface area (Å²) >= 11 is 7.14. The van der Waals surface area contributed by atoms with Gasteiger partial charge in [-0.25, -0.2) is 4.90 Å². The molecule has 3 aliphatic heterocycles. The zero-order chi connectivity index (χ0) is 30.5. The van der Waals surface area contributed by atoms with Crippen LogP contribution in [-0.2, 0) is 20.8 Å². The smallest absolute Gasteiger partial charge is 0.257 e. The predicted octanol–water partition coefficient (Wildman–Crippen LogP) is 8.42. The fourth-order valence-electron chi connectivity index (χ4n) is 7.83. The lowest BCUT2D eigenvalue weighted by molar-refractivity contribution is -0.458. The summed E-state index contributed by atoms with van der Waals surface area (Å²) < 4.78 is 1.84. The molecule has 0 spiro atoms. The summed E-state index contributed by atoms with van der Waals surface area (Å²) in [5, 5.41) is 5.48. The third-order valence-electron chi connectivity index (χ3n) is 9.48. The molecule has 4 atom stereocenters. The molecule has 0 aromatic heterocycles. The molecule has 2 saturated heterocycles. The molecule has 2 fully saturated rings. The fraction of sp³-hybridized carbons (Fsp3) is 0.111. The second-order valence-electron chi connectivity index (χ2n) is 11.6. The molecule has 0 bridgehead atoms. The summed E-state index contributed by atoms with van der Waals surface area (Å²) in [5.41, 5.74) is 8.83. The maximum atomic E-state index is 15.0. The Labute approximate surface area is 276 Å². The molecule has 7 nitrogen and oxygen atoms in total. The Morgan fingerprint density at radius 1 is 0.644 bits per heavy atom. The molecule has 9 heteroatoms. The number of halogens is 2. The van der Waals surface area contributed by atoms with Crippen molar-refractivity contribution in [3.05, 3.63) is 153 Å². The topological polar surface area (TPSA) is 70.1 Å². The van der Waals surface area contributed by atoms with E-state index in [4.69, 9.17) is 10.5 Å². The van der Waals surface area contributed by atoms with Gasteiger partial charge in [0.15, 0.2) is 0 Å².